The quantitative estimate of drug-likeness (QED) is 0.718. The number of aromatic amines is 1. The third-order valence-electron chi connectivity index (χ3n) is 3.00. The molecule has 3 rings (SSSR count). The van der Waals surface area contributed by atoms with Gasteiger partial charge in [-0.2, -0.15) is 0 Å². The van der Waals surface area contributed by atoms with Crippen molar-refractivity contribution in [3.8, 4) is 17.1 Å². The van der Waals surface area contributed by atoms with E-state index < -0.39 is 0 Å². The summed E-state index contributed by atoms with van der Waals surface area (Å²) in [7, 11) is 0. The van der Waals surface area contributed by atoms with Crippen LogP contribution in [0.25, 0.3) is 22.4 Å². The van der Waals surface area contributed by atoms with Crippen molar-refractivity contribution >= 4 is 22.6 Å². The maximum absolute atomic E-state index is 5.99. The largest absolute Gasteiger partial charge is 0.488 e. The summed E-state index contributed by atoms with van der Waals surface area (Å²) in [5.41, 5.74) is 2.66. The Morgan fingerprint density at radius 2 is 1.76 bits per heavy atom. The van der Waals surface area contributed by atoms with Crippen molar-refractivity contribution in [1.29, 1.82) is 0 Å². The number of imidazole rings is 1. The molecule has 0 amide bonds. The second kappa shape index (κ2) is 5.08. The van der Waals surface area contributed by atoms with Gasteiger partial charge in [-0.15, -0.1) is 0 Å². The zero-order valence-corrected chi connectivity index (χ0v) is 13.0. The number of rotatable bonds is 2. The first-order valence-electron chi connectivity index (χ1n) is 6.85. The first kappa shape index (κ1) is 14.0. The maximum Gasteiger partial charge on any atom is 0.138 e. The van der Waals surface area contributed by atoms with Crippen LogP contribution >= 0.6 is 11.6 Å². The third-order valence-corrected chi connectivity index (χ3v) is 3.23. The normalized spacial score (nSPS) is 11.8. The number of nitrogens with one attached hydrogen (secondary N) is 1. The minimum Gasteiger partial charge on any atom is -0.488 e. The summed E-state index contributed by atoms with van der Waals surface area (Å²) in [5.74, 6) is 1.68. The summed E-state index contributed by atoms with van der Waals surface area (Å²) in [6, 6.07) is 13.6. The molecule has 1 heterocycles. The van der Waals surface area contributed by atoms with Gasteiger partial charge in [-0.3, -0.25) is 0 Å². The lowest BCUT2D eigenvalue weighted by atomic mass is 10.1. The molecule has 0 aliphatic rings. The van der Waals surface area contributed by atoms with Gasteiger partial charge in [0.05, 0.1) is 11.0 Å². The molecule has 3 nitrogen and oxygen atoms in total. The molecule has 0 radical (unpaired) electrons. The summed E-state index contributed by atoms with van der Waals surface area (Å²) in [4.78, 5) is 7.86. The molecule has 2 aromatic carbocycles. The van der Waals surface area contributed by atoms with Crippen molar-refractivity contribution in [2.75, 3.05) is 0 Å². The fraction of sp³-hybridized carbons (Fsp3) is 0.235. The van der Waals surface area contributed by atoms with E-state index in [1.165, 1.54) is 0 Å². The number of ether oxygens (including phenoxy) is 1. The molecule has 0 atom stereocenters. The number of nitrogens with zero attached hydrogens (tertiary/aromatic N) is 1. The summed E-state index contributed by atoms with van der Waals surface area (Å²) in [6.45, 7) is 6.09. The Balaban J connectivity index is 1.91. The minimum absolute atomic E-state index is 0.197. The minimum atomic E-state index is -0.197. The van der Waals surface area contributed by atoms with Crippen molar-refractivity contribution in [2.24, 2.45) is 0 Å². The van der Waals surface area contributed by atoms with Crippen LogP contribution in [-0.2, 0) is 0 Å². The first-order chi connectivity index (χ1) is 9.90. The predicted octanol–water partition coefficient (Wildman–Crippen LogP) is 5.06. The van der Waals surface area contributed by atoms with E-state index in [1.54, 1.807) is 0 Å². The maximum atomic E-state index is 5.99. The van der Waals surface area contributed by atoms with Crippen LogP contribution in [0.3, 0.4) is 0 Å². The fourth-order valence-corrected chi connectivity index (χ4v) is 2.33. The molecule has 0 unspecified atom stereocenters. The number of hydrogen-bond acceptors (Lipinski definition) is 2. The monoisotopic (exact) mass is 300 g/mol. The molecule has 0 bridgehead atoms. The molecule has 0 fully saturated rings. The molecule has 0 saturated carbocycles. The van der Waals surface area contributed by atoms with E-state index in [4.69, 9.17) is 16.3 Å². The lowest BCUT2D eigenvalue weighted by Gasteiger charge is -2.21. The van der Waals surface area contributed by atoms with E-state index in [9.17, 15) is 0 Å². The molecule has 0 aliphatic carbocycles. The lowest BCUT2D eigenvalue weighted by Crippen LogP contribution is -2.22. The molecule has 1 aromatic heterocycles. The van der Waals surface area contributed by atoms with E-state index >= 15 is 0 Å². The second-order valence-corrected chi connectivity index (χ2v) is 6.42. The average Bonchev–Trinajstić information content (AvgIpc) is 2.80. The van der Waals surface area contributed by atoms with Crippen LogP contribution in [-0.4, -0.2) is 15.6 Å². The first-order valence-corrected chi connectivity index (χ1v) is 7.23. The Morgan fingerprint density at radius 1 is 1.05 bits per heavy atom. The van der Waals surface area contributed by atoms with Crippen molar-refractivity contribution in [1.82, 2.24) is 9.97 Å². The van der Waals surface area contributed by atoms with Crippen LogP contribution in [0.15, 0.2) is 42.5 Å². The van der Waals surface area contributed by atoms with E-state index in [2.05, 4.69) is 9.97 Å². The van der Waals surface area contributed by atoms with Gasteiger partial charge in [0.15, 0.2) is 0 Å². The third kappa shape index (κ3) is 3.19. The molecular formula is C17H17ClN2O. The zero-order chi connectivity index (χ0) is 15.0. The molecule has 21 heavy (non-hydrogen) atoms. The van der Waals surface area contributed by atoms with Crippen LogP contribution < -0.4 is 4.74 Å². The molecule has 0 aliphatic heterocycles. The fourth-order valence-electron chi connectivity index (χ4n) is 2.15. The summed E-state index contributed by atoms with van der Waals surface area (Å²) in [6.07, 6.45) is 0. The molecule has 4 heteroatoms. The highest BCUT2D eigenvalue weighted by Gasteiger charge is 2.12. The molecular weight excluding hydrogens is 284 g/mol. The van der Waals surface area contributed by atoms with Crippen molar-refractivity contribution in [2.45, 2.75) is 26.4 Å². The Hall–Kier alpha value is -2.00. The van der Waals surface area contributed by atoms with E-state index in [1.807, 2.05) is 63.2 Å². The Labute approximate surface area is 128 Å². The van der Waals surface area contributed by atoms with Gasteiger partial charge in [-0.1, -0.05) is 11.6 Å². The Morgan fingerprint density at radius 3 is 2.43 bits per heavy atom. The highest BCUT2D eigenvalue weighted by molar-refractivity contribution is 6.31. The highest BCUT2D eigenvalue weighted by Crippen LogP contribution is 2.25. The van der Waals surface area contributed by atoms with Crippen LogP contribution in [0.4, 0.5) is 0 Å². The number of halogens is 1. The van der Waals surface area contributed by atoms with Gasteiger partial charge in [-0.05, 0) is 63.2 Å². The van der Waals surface area contributed by atoms with Crippen LogP contribution in [0.5, 0.6) is 5.75 Å². The summed E-state index contributed by atoms with van der Waals surface area (Å²) >= 11 is 5.99. The number of fused-ring (bicyclic) bond motifs is 1. The molecule has 0 spiro atoms. The van der Waals surface area contributed by atoms with Crippen LogP contribution in [0.1, 0.15) is 20.8 Å². The smallest absolute Gasteiger partial charge is 0.138 e. The molecule has 108 valence electrons. The molecule has 0 saturated heterocycles. The number of benzene rings is 2. The van der Waals surface area contributed by atoms with Gasteiger partial charge in [0.25, 0.3) is 0 Å². The highest BCUT2D eigenvalue weighted by atomic mass is 35.5. The van der Waals surface area contributed by atoms with Gasteiger partial charge in [0.2, 0.25) is 0 Å². The Kier molecular flexibility index (Phi) is 3.38. The predicted molar refractivity (Wildman–Crippen MR) is 86.9 cm³/mol. The van der Waals surface area contributed by atoms with Gasteiger partial charge < -0.3 is 9.72 Å². The van der Waals surface area contributed by atoms with Gasteiger partial charge in [0.1, 0.15) is 17.2 Å². The number of hydrogen-bond donors (Lipinski definition) is 1. The summed E-state index contributed by atoms with van der Waals surface area (Å²) < 4.78 is 5.82. The number of aromatic nitrogens is 2. The second-order valence-electron chi connectivity index (χ2n) is 5.99. The van der Waals surface area contributed by atoms with Crippen molar-refractivity contribution in [3.05, 3.63) is 47.5 Å². The van der Waals surface area contributed by atoms with Gasteiger partial charge in [0, 0.05) is 10.6 Å². The van der Waals surface area contributed by atoms with E-state index in [0.717, 1.165) is 28.2 Å². The Bertz CT molecular complexity index is 770. The number of H-pyrrole nitrogens is 1. The van der Waals surface area contributed by atoms with E-state index in [-0.39, 0.29) is 5.60 Å². The molecule has 3 aromatic rings. The van der Waals surface area contributed by atoms with E-state index in [0.29, 0.717) is 5.02 Å². The average molecular weight is 301 g/mol. The van der Waals surface area contributed by atoms with Gasteiger partial charge in [-0.25, -0.2) is 4.98 Å². The summed E-state index contributed by atoms with van der Waals surface area (Å²) in [5, 5.41) is 0.701. The standard InChI is InChI=1S/C17H17ClN2O/c1-17(2,3)21-13-7-4-11(5-8-13)16-19-14-9-6-12(18)10-15(14)20-16/h4-10H,1-3H3,(H,19,20). The zero-order valence-electron chi connectivity index (χ0n) is 12.3. The van der Waals surface area contributed by atoms with Crippen molar-refractivity contribution in [3.63, 3.8) is 0 Å². The van der Waals surface area contributed by atoms with Crippen molar-refractivity contribution < 1.29 is 4.74 Å². The molecule has 1 N–H and O–H groups in total. The van der Waals surface area contributed by atoms with Crippen LogP contribution in [0, 0.1) is 0 Å². The topological polar surface area (TPSA) is 37.9 Å². The SMILES string of the molecule is CC(C)(C)Oc1ccc(-c2nc3ccc(Cl)cc3[nH]2)cc1. The lowest BCUT2D eigenvalue weighted by molar-refractivity contribution is 0.131. The van der Waals surface area contributed by atoms with Crippen LogP contribution in [0.2, 0.25) is 5.02 Å². The van der Waals surface area contributed by atoms with Gasteiger partial charge >= 0.3 is 0 Å².